The van der Waals surface area contributed by atoms with Crippen LogP contribution in [0.25, 0.3) is 0 Å². The summed E-state index contributed by atoms with van der Waals surface area (Å²) in [6, 6.07) is 10.4. The summed E-state index contributed by atoms with van der Waals surface area (Å²) in [4.78, 5) is 1.15. The highest BCUT2D eigenvalue weighted by Crippen LogP contribution is 2.61. The van der Waals surface area contributed by atoms with Crippen LogP contribution in [0, 0.1) is 16.7 Å². The summed E-state index contributed by atoms with van der Waals surface area (Å²) in [6.45, 7) is 4.49. The second kappa shape index (κ2) is 6.41. The Kier molecular flexibility index (Phi) is 5.04. The predicted molar refractivity (Wildman–Crippen MR) is 87.1 cm³/mol. The Morgan fingerprint density at radius 2 is 1.70 bits per heavy atom. The van der Waals surface area contributed by atoms with Crippen molar-refractivity contribution in [1.82, 2.24) is 0 Å². The summed E-state index contributed by atoms with van der Waals surface area (Å²) in [5, 5.41) is 10.4. The molecule has 108 valence electrons. The molecule has 1 aliphatic carbocycles. The fourth-order valence-corrected chi connectivity index (χ4v) is 5.25. The van der Waals surface area contributed by atoms with Crippen molar-refractivity contribution in [3.8, 4) is 6.07 Å². The van der Waals surface area contributed by atoms with E-state index in [1.54, 1.807) is 11.8 Å². The van der Waals surface area contributed by atoms with Crippen molar-refractivity contribution in [3.63, 3.8) is 0 Å². The van der Waals surface area contributed by atoms with Crippen LogP contribution in [0.15, 0.2) is 29.2 Å². The Bertz CT molecular complexity index is 475. The minimum absolute atomic E-state index is 0.224. The first-order chi connectivity index (χ1) is 9.57. The lowest BCUT2D eigenvalue weighted by atomic mass is 9.58. The molecule has 0 aromatic heterocycles. The lowest BCUT2D eigenvalue weighted by Gasteiger charge is -2.53. The number of thioether (sulfide) groups is 1. The van der Waals surface area contributed by atoms with Crippen LogP contribution < -0.4 is 0 Å². The SMILES string of the molecule is CCCC1(CCC)CC(C#N)(Sc2ccc(Cl)cc2)C1. The molecule has 0 aliphatic heterocycles. The van der Waals surface area contributed by atoms with Crippen molar-refractivity contribution in [3.05, 3.63) is 29.3 Å². The molecule has 0 unspecified atom stereocenters. The highest BCUT2D eigenvalue weighted by atomic mass is 35.5. The molecule has 1 nitrogen and oxygen atoms in total. The molecule has 0 N–H and O–H groups in total. The van der Waals surface area contributed by atoms with Gasteiger partial charge in [-0.15, -0.1) is 11.8 Å². The van der Waals surface area contributed by atoms with E-state index in [0.717, 1.165) is 22.8 Å². The van der Waals surface area contributed by atoms with E-state index >= 15 is 0 Å². The molecule has 1 saturated carbocycles. The predicted octanol–water partition coefficient (Wildman–Crippen LogP) is 6.07. The zero-order chi connectivity index (χ0) is 14.6. The minimum atomic E-state index is -0.224. The zero-order valence-electron chi connectivity index (χ0n) is 12.3. The van der Waals surface area contributed by atoms with E-state index in [4.69, 9.17) is 11.6 Å². The maximum Gasteiger partial charge on any atom is 0.108 e. The molecule has 20 heavy (non-hydrogen) atoms. The maximum atomic E-state index is 9.62. The highest BCUT2D eigenvalue weighted by Gasteiger charge is 2.54. The maximum absolute atomic E-state index is 9.62. The van der Waals surface area contributed by atoms with Gasteiger partial charge in [-0.3, -0.25) is 0 Å². The molecule has 0 radical (unpaired) electrons. The van der Waals surface area contributed by atoms with Crippen LogP contribution in [0.2, 0.25) is 5.02 Å². The number of benzene rings is 1. The molecule has 0 spiro atoms. The molecule has 3 heteroatoms. The van der Waals surface area contributed by atoms with Gasteiger partial charge in [0.1, 0.15) is 4.75 Å². The van der Waals surface area contributed by atoms with Gasteiger partial charge in [0.25, 0.3) is 0 Å². The van der Waals surface area contributed by atoms with E-state index in [2.05, 4.69) is 19.9 Å². The Hall–Kier alpha value is -0.650. The van der Waals surface area contributed by atoms with Crippen LogP contribution in [-0.2, 0) is 0 Å². The van der Waals surface area contributed by atoms with Crippen LogP contribution in [0.1, 0.15) is 52.4 Å². The van der Waals surface area contributed by atoms with E-state index in [1.165, 1.54) is 25.7 Å². The summed E-state index contributed by atoms with van der Waals surface area (Å²) < 4.78 is -0.224. The molecule has 2 rings (SSSR count). The quantitative estimate of drug-likeness (QED) is 0.636. The molecule has 1 aromatic carbocycles. The molecule has 0 atom stereocenters. The van der Waals surface area contributed by atoms with E-state index in [0.29, 0.717) is 5.41 Å². The first-order valence-electron chi connectivity index (χ1n) is 7.43. The smallest absolute Gasteiger partial charge is 0.108 e. The molecule has 0 heterocycles. The molecular formula is C17H22ClNS. The largest absolute Gasteiger partial charge is 0.197 e. The fourth-order valence-electron chi connectivity index (χ4n) is 3.60. The number of nitriles is 1. The third-order valence-electron chi connectivity index (χ3n) is 4.21. The van der Waals surface area contributed by atoms with Crippen LogP contribution in [0.5, 0.6) is 0 Å². The van der Waals surface area contributed by atoms with Crippen molar-refractivity contribution in [2.75, 3.05) is 0 Å². The van der Waals surface area contributed by atoms with Crippen molar-refractivity contribution < 1.29 is 0 Å². The normalized spacial score (nSPS) is 19.1. The Morgan fingerprint density at radius 3 is 2.15 bits per heavy atom. The third kappa shape index (κ3) is 3.32. The first-order valence-corrected chi connectivity index (χ1v) is 8.62. The summed E-state index contributed by atoms with van der Waals surface area (Å²) in [5.74, 6) is 0. The topological polar surface area (TPSA) is 23.8 Å². The van der Waals surface area contributed by atoms with Gasteiger partial charge in [-0.2, -0.15) is 5.26 Å². The van der Waals surface area contributed by atoms with Gasteiger partial charge in [0.15, 0.2) is 0 Å². The van der Waals surface area contributed by atoms with Crippen molar-refractivity contribution in [2.45, 2.75) is 62.0 Å². The minimum Gasteiger partial charge on any atom is -0.197 e. The Morgan fingerprint density at radius 1 is 1.15 bits per heavy atom. The van der Waals surface area contributed by atoms with Crippen molar-refractivity contribution in [1.29, 1.82) is 5.26 Å². The molecule has 1 fully saturated rings. The van der Waals surface area contributed by atoms with Gasteiger partial charge >= 0.3 is 0 Å². The van der Waals surface area contributed by atoms with Gasteiger partial charge < -0.3 is 0 Å². The van der Waals surface area contributed by atoms with Crippen LogP contribution in [0.3, 0.4) is 0 Å². The number of hydrogen-bond donors (Lipinski definition) is 0. The second-order valence-corrected chi connectivity index (χ2v) is 7.91. The van der Waals surface area contributed by atoms with E-state index in [9.17, 15) is 5.26 Å². The average Bonchev–Trinajstić information content (AvgIpc) is 2.40. The molecule has 1 aliphatic rings. The summed E-state index contributed by atoms with van der Waals surface area (Å²) in [5.41, 5.74) is 0.415. The Labute approximate surface area is 131 Å². The fraction of sp³-hybridized carbons (Fsp3) is 0.588. The summed E-state index contributed by atoms with van der Waals surface area (Å²) in [7, 11) is 0. The van der Waals surface area contributed by atoms with E-state index in [1.807, 2.05) is 24.3 Å². The molecule has 1 aromatic rings. The van der Waals surface area contributed by atoms with Gasteiger partial charge in [0.05, 0.1) is 6.07 Å². The van der Waals surface area contributed by atoms with E-state index < -0.39 is 0 Å². The van der Waals surface area contributed by atoms with Crippen molar-refractivity contribution >= 4 is 23.4 Å². The van der Waals surface area contributed by atoms with E-state index in [-0.39, 0.29) is 4.75 Å². The third-order valence-corrected chi connectivity index (χ3v) is 5.74. The number of halogens is 1. The first kappa shape index (κ1) is 15.7. The second-order valence-electron chi connectivity index (χ2n) is 6.02. The number of rotatable bonds is 6. The lowest BCUT2D eigenvalue weighted by Crippen LogP contribution is -2.48. The molecule has 0 bridgehead atoms. The average molecular weight is 308 g/mol. The molecule has 0 amide bonds. The van der Waals surface area contributed by atoms with Gasteiger partial charge in [0.2, 0.25) is 0 Å². The van der Waals surface area contributed by atoms with Gasteiger partial charge in [-0.1, -0.05) is 38.3 Å². The van der Waals surface area contributed by atoms with Crippen LogP contribution in [-0.4, -0.2) is 4.75 Å². The highest BCUT2D eigenvalue weighted by molar-refractivity contribution is 8.01. The number of nitrogens with zero attached hydrogens (tertiary/aromatic N) is 1. The Balaban J connectivity index is 2.06. The van der Waals surface area contributed by atoms with Gasteiger partial charge in [-0.25, -0.2) is 0 Å². The van der Waals surface area contributed by atoms with Crippen LogP contribution >= 0.6 is 23.4 Å². The van der Waals surface area contributed by atoms with Crippen LogP contribution in [0.4, 0.5) is 0 Å². The van der Waals surface area contributed by atoms with Gasteiger partial charge in [0, 0.05) is 9.92 Å². The van der Waals surface area contributed by atoms with Gasteiger partial charge in [-0.05, 0) is 55.4 Å². The lowest BCUT2D eigenvalue weighted by molar-refractivity contribution is 0.0831. The summed E-state index contributed by atoms with van der Waals surface area (Å²) >= 11 is 7.64. The van der Waals surface area contributed by atoms with Crippen molar-refractivity contribution in [2.24, 2.45) is 5.41 Å². The summed E-state index contributed by atoms with van der Waals surface area (Å²) in [6.07, 6.45) is 7.01. The molecule has 0 saturated heterocycles. The zero-order valence-corrected chi connectivity index (χ0v) is 13.9. The molecular weight excluding hydrogens is 286 g/mol. The standard InChI is InChI=1S/C17H22ClNS/c1-3-9-16(10-4-2)11-17(12-16,13-19)20-15-7-5-14(18)6-8-15/h5-8H,3-4,9-12H2,1-2H3. The monoisotopic (exact) mass is 307 g/mol. The number of hydrogen-bond acceptors (Lipinski definition) is 2.